The molecule has 0 aromatic heterocycles. The molecule has 36 heavy (non-hydrogen) atoms. The van der Waals surface area contributed by atoms with Crippen LogP contribution in [-0.4, -0.2) is 20.6 Å². The van der Waals surface area contributed by atoms with Crippen molar-refractivity contribution in [1.29, 1.82) is 0 Å². The molecule has 0 aliphatic carbocycles. The molecule has 0 aliphatic rings. The van der Waals surface area contributed by atoms with Gasteiger partial charge in [0, 0.05) is 0 Å². The van der Waals surface area contributed by atoms with E-state index in [2.05, 4.69) is 181 Å². The third-order valence-corrected chi connectivity index (χ3v) is 13.2. The molecule has 0 unspecified atom stereocenters. The molecular formula is C30H48Br2P2Pd2. The second kappa shape index (κ2) is 18.8. The minimum absolute atomic E-state index is 0.0503. The molecular weight excluding hydrogens is 795 g/mol. The summed E-state index contributed by atoms with van der Waals surface area (Å²) >= 11 is 10.7. The average Bonchev–Trinajstić information content (AvgIpc) is 2.77. The summed E-state index contributed by atoms with van der Waals surface area (Å²) in [5, 5.41) is 1.60. The molecule has 0 saturated heterocycles. The zero-order valence-corrected chi connectivity index (χ0v) is 32.4. The number of halogens is 2. The first-order valence-corrected chi connectivity index (χ1v) is 22.3. The Bertz CT molecular complexity index is 691. The van der Waals surface area contributed by atoms with E-state index in [1.54, 1.807) is 0 Å². The van der Waals surface area contributed by atoms with E-state index in [1.807, 2.05) is 24.3 Å². The van der Waals surface area contributed by atoms with E-state index in [0.29, 0.717) is 20.6 Å². The molecule has 0 spiro atoms. The fourth-order valence-electron chi connectivity index (χ4n) is 4.36. The van der Waals surface area contributed by atoms with Crippen molar-refractivity contribution in [2.24, 2.45) is 0 Å². The molecule has 212 valence electrons. The summed E-state index contributed by atoms with van der Waals surface area (Å²) in [6.07, 6.45) is 2.37. The van der Waals surface area contributed by atoms with Gasteiger partial charge in [-0.1, -0.05) is 98.9 Å². The van der Waals surface area contributed by atoms with E-state index in [0.717, 1.165) is 0 Å². The van der Waals surface area contributed by atoms with Crippen LogP contribution in [0.2, 0.25) is 0 Å². The minimum atomic E-state index is -0.0503. The molecule has 0 nitrogen and oxygen atoms in total. The Labute approximate surface area is 262 Å². The van der Waals surface area contributed by atoms with Crippen molar-refractivity contribution in [2.45, 2.75) is 116 Å². The van der Waals surface area contributed by atoms with E-state index in [4.69, 9.17) is 0 Å². The first kappa shape index (κ1) is 39.7. The zero-order valence-electron chi connectivity index (χ0n) is 24.3. The van der Waals surface area contributed by atoms with E-state index in [1.165, 1.54) is 23.5 Å². The maximum absolute atomic E-state index is 3.36. The number of hydrogen-bond donors (Lipinski definition) is 0. The van der Waals surface area contributed by atoms with Crippen molar-refractivity contribution in [2.75, 3.05) is 0 Å². The Hall–Kier alpha value is 1.58. The normalized spacial score (nSPS) is 12.1. The van der Waals surface area contributed by atoms with Crippen molar-refractivity contribution in [3.63, 3.8) is 0 Å². The molecule has 2 aromatic rings. The van der Waals surface area contributed by atoms with Crippen LogP contribution in [0.3, 0.4) is 0 Å². The van der Waals surface area contributed by atoms with Crippen LogP contribution in [0.4, 0.5) is 0 Å². The van der Waals surface area contributed by atoms with Crippen LogP contribution in [-0.2, 0) is 46.7 Å². The first-order chi connectivity index (χ1) is 16.4. The Morgan fingerprint density at radius 3 is 0.944 bits per heavy atom. The van der Waals surface area contributed by atoms with Crippen LogP contribution in [0, 0.1) is 12.1 Å². The fraction of sp³-hybridized carbons (Fsp3) is 0.600. The van der Waals surface area contributed by atoms with Crippen LogP contribution in [0.25, 0.3) is 0 Å². The second-order valence-electron chi connectivity index (χ2n) is 12.6. The van der Waals surface area contributed by atoms with Gasteiger partial charge in [-0.25, -0.2) is 0 Å². The van der Waals surface area contributed by atoms with Crippen LogP contribution in [0.15, 0.2) is 48.5 Å². The Kier molecular flexibility index (Phi) is 20.8. The molecule has 6 heteroatoms. The Balaban J connectivity index is 0. The van der Waals surface area contributed by atoms with E-state index < -0.39 is 0 Å². The molecule has 2 rings (SSSR count). The quantitative estimate of drug-likeness (QED) is 0.163. The van der Waals surface area contributed by atoms with Gasteiger partial charge in [-0.05, 0) is 32.9 Å². The van der Waals surface area contributed by atoms with Gasteiger partial charge in [0.1, 0.15) is 0 Å². The summed E-state index contributed by atoms with van der Waals surface area (Å²) < 4.78 is 0. The van der Waals surface area contributed by atoms with Gasteiger partial charge in [0.15, 0.2) is 0 Å². The molecule has 0 N–H and O–H groups in total. The third-order valence-electron chi connectivity index (χ3n) is 5.44. The Morgan fingerprint density at radius 1 is 0.528 bits per heavy atom. The van der Waals surface area contributed by atoms with E-state index in [-0.39, 0.29) is 15.8 Å². The van der Waals surface area contributed by atoms with Gasteiger partial charge in [-0.3, -0.25) is 0 Å². The Morgan fingerprint density at radius 2 is 0.778 bits per heavy atom. The topological polar surface area (TPSA) is 0 Å². The summed E-state index contributed by atoms with van der Waals surface area (Å²) in [4.78, 5) is 0. The molecule has 0 atom stereocenters. The predicted molar refractivity (Wildman–Crippen MR) is 169 cm³/mol. The number of rotatable bonds is 4. The SMILES string of the molecule is CC(C)(C)P(Cc1[c-]cccc1)C(C)(C)C.CC(C)(C)P(Cc1[c-]cccc1)C(C)(C)C.[Br][Pd+].[Br][Pd+]. The molecule has 0 aliphatic heterocycles. The molecule has 0 saturated carbocycles. The predicted octanol–water partition coefficient (Wildman–Crippen LogP) is 11.8. The summed E-state index contributed by atoms with van der Waals surface area (Å²) in [6.45, 7) is 28.4. The maximum atomic E-state index is 3.36. The van der Waals surface area contributed by atoms with Crippen LogP contribution in [0.5, 0.6) is 0 Å². The van der Waals surface area contributed by atoms with Gasteiger partial charge in [-0.2, -0.15) is 71.8 Å². The zero-order chi connectivity index (χ0) is 28.8. The van der Waals surface area contributed by atoms with E-state index in [9.17, 15) is 0 Å². The average molecular weight is 843 g/mol. The second-order valence-corrected chi connectivity index (χ2v) is 20.3. The standard InChI is InChI=1S/2C15H24P.2BrH.2Pd/c2*1-14(2,3)16(15(4,5)6)12-13-10-8-7-9-11-13;;;;/h2*7-10H,12H2,1-6H3;2*1H;;/q2*-1;;;2*+2/p-2. The summed E-state index contributed by atoms with van der Waals surface area (Å²) in [5.74, 6) is 0. The van der Waals surface area contributed by atoms with Gasteiger partial charge >= 0.3 is 61.2 Å². The molecule has 0 radical (unpaired) electrons. The van der Waals surface area contributed by atoms with Crippen molar-refractivity contribution < 1.29 is 34.4 Å². The number of benzene rings is 2. The van der Waals surface area contributed by atoms with Crippen molar-refractivity contribution in [3.05, 3.63) is 71.8 Å². The molecule has 0 amide bonds. The number of hydrogen-bond acceptors (Lipinski definition) is 0. The van der Waals surface area contributed by atoms with Crippen molar-refractivity contribution >= 4 is 42.7 Å². The fourth-order valence-corrected chi connectivity index (χ4v) is 11.4. The molecule has 0 fully saturated rings. The van der Waals surface area contributed by atoms with Gasteiger partial charge in [0.2, 0.25) is 0 Å². The van der Waals surface area contributed by atoms with Gasteiger partial charge in [0.25, 0.3) is 0 Å². The molecule has 0 bridgehead atoms. The summed E-state index contributed by atoms with van der Waals surface area (Å²) in [6, 6.07) is 23.5. The van der Waals surface area contributed by atoms with Gasteiger partial charge < -0.3 is 0 Å². The van der Waals surface area contributed by atoms with Crippen molar-refractivity contribution in [3.8, 4) is 0 Å². The first-order valence-electron chi connectivity index (χ1n) is 12.1. The van der Waals surface area contributed by atoms with Gasteiger partial charge in [0.05, 0.1) is 0 Å². The monoisotopic (exact) mass is 840 g/mol. The van der Waals surface area contributed by atoms with Crippen LogP contribution >= 0.6 is 42.7 Å². The van der Waals surface area contributed by atoms with Gasteiger partial charge in [-0.15, -0.1) is 0 Å². The van der Waals surface area contributed by atoms with Crippen molar-refractivity contribution in [1.82, 2.24) is 0 Å². The van der Waals surface area contributed by atoms with Crippen LogP contribution in [0.1, 0.15) is 94.2 Å². The third kappa shape index (κ3) is 17.3. The van der Waals surface area contributed by atoms with E-state index >= 15 is 0 Å². The molecule has 0 heterocycles. The molecule has 2 aromatic carbocycles. The summed E-state index contributed by atoms with van der Waals surface area (Å²) in [5.41, 5.74) is 2.72. The summed E-state index contributed by atoms with van der Waals surface area (Å²) in [7, 11) is -0.101. The van der Waals surface area contributed by atoms with Crippen LogP contribution < -0.4 is 0 Å².